The summed E-state index contributed by atoms with van der Waals surface area (Å²) < 4.78 is 1.96. The van der Waals surface area contributed by atoms with Crippen LogP contribution >= 0.6 is 11.3 Å². The number of fused-ring (bicyclic) bond motifs is 1. The number of nitrogens with zero attached hydrogens (tertiary/aromatic N) is 5. The van der Waals surface area contributed by atoms with Crippen LogP contribution in [0.5, 0.6) is 0 Å². The second-order valence-electron chi connectivity index (χ2n) is 5.68. The molecule has 4 aromatic heterocycles. The number of nitrogens with one attached hydrogen (secondary N) is 1. The van der Waals surface area contributed by atoms with Gasteiger partial charge in [-0.3, -0.25) is 9.20 Å². The van der Waals surface area contributed by atoms with Crippen molar-refractivity contribution < 1.29 is 4.79 Å². The Labute approximate surface area is 153 Å². The summed E-state index contributed by atoms with van der Waals surface area (Å²) in [5.41, 5.74) is 1.28. The quantitative estimate of drug-likeness (QED) is 0.532. The minimum absolute atomic E-state index is 0.172. The van der Waals surface area contributed by atoms with Crippen LogP contribution in [0.2, 0.25) is 0 Å². The summed E-state index contributed by atoms with van der Waals surface area (Å²) in [5.74, 6) is 1.35. The van der Waals surface area contributed by atoms with Gasteiger partial charge >= 0.3 is 0 Å². The van der Waals surface area contributed by atoms with Gasteiger partial charge in [0.1, 0.15) is 5.82 Å². The lowest BCUT2D eigenvalue weighted by Crippen LogP contribution is -2.25. The fourth-order valence-corrected chi connectivity index (χ4v) is 3.26. The molecule has 1 N–H and O–H groups in total. The minimum Gasteiger partial charge on any atom is -0.352 e. The number of hydrogen-bond acceptors (Lipinski definition) is 6. The van der Waals surface area contributed by atoms with Crippen LogP contribution in [0.15, 0.2) is 54.3 Å². The first kappa shape index (κ1) is 16.3. The molecule has 0 saturated carbocycles. The first-order valence-corrected chi connectivity index (χ1v) is 9.12. The van der Waals surface area contributed by atoms with E-state index in [-0.39, 0.29) is 5.91 Å². The van der Waals surface area contributed by atoms with E-state index in [0.717, 1.165) is 29.2 Å². The molecule has 0 spiro atoms. The molecule has 1 amide bonds. The zero-order valence-corrected chi connectivity index (χ0v) is 14.7. The Morgan fingerprint density at radius 3 is 2.81 bits per heavy atom. The molecule has 4 rings (SSSR count). The summed E-state index contributed by atoms with van der Waals surface area (Å²) >= 11 is 1.57. The predicted molar refractivity (Wildman–Crippen MR) is 99.0 cm³/mol. The van der Waals surface area contributed by atoms with Crippen LogP contribution < -0.4 is 5.32 Å². The molecule has 7 nitrogen and oxygen atoms in total. The van der Waals surface area contributed by atoms with Gasteiger partial charge in [0.2, 0.25) is 0 Å². The standard InChI is InChI=1S/C18H16N6OS/c25-18(13-11-20-17(21-12-13)14-5-4-10-26-14)19-8-3-7-16-23-22-15-6-1-2-9-24(15)16/h1-2,4-6,9-12H,3,7-8H2,(H,19,25). The molecule has 0 aliphatic rings. The number of carbonyl (C=O) groups excluding carboxylic acids is 1. The highest BCUT2D eigenvalue weighted by molar-refractivity contribution is 7.13. The van der Waals surface area contributed by atoms with E-state index >= 15 is 0 Å². The van der Waals surface area contributed by atoms with Crippen LogP contribution in [-0.2, 0) is 6.42 Å². The van der Waals surface area contributed by atoms with Crippen LogP contribution in [0.1, 0.15) is 22.6 Å². The smallest absolute Gasteiger partial charge is 0.254 e. The molecule has 0 atom stereocenters. The number of carbonyl (C=O) groups is 1. The van der Waals surface area contributed by atoms with Gasteiger partial charge in [-0.15, -0.1) is 21.5 Å². The van der Waals surface area contributed by atoms with Gasteiger partial charge in [0.15, 0.2) is 11.5 Å². The second kappa shape index (κ2) is 7.40. The van der Waals surface area contributed by atoms with E-state index in [9.17, 15) is 4.79 Å². The first-order valence-electron chi connectivity index (χ1n) is 8.24. The molecule has 0 aliphatic carbocycles. The molecule has 0 aromatic carbocycles. The zero-order valence-electron chi connectivity index (χ0n) is 13.9. The molecule has 0 saturated heterocycles. The molecule has 0 unspecified atom stereocenters. The Morgan fingerprint density at radius 2 is 2.00 bits per heavy atom. The summed E-state index contributed by atoms with van der Waals surface area (Å²) in [7, 11) is 0. The van der Waals surface area contributed by atoms with Crippen molar-refractivity contribution in [1.82, 2.24) is 29.9 Å². The van der Waals surface area contributed by atoms with Crippen molar-refractivity contribution >= 4 is 22.9 Å². The highest BCUT2D eigenvalue weighted by atomic mass is 32.1. The SMILES string of the molecule is O=C(NCCCc1nnc2ccccn12)c1cnc(-c2cccs2)nc1. The fraction of sp³-hybridized carbons (Fsp3) is 0.167. The Hall–Kier alpha value is -3.13. The number of pyridine rings is 1. The molecule has 8 heteroatoms. The zero-order chi connectivity index (χ0) is 17.8. The van der Waals surface area contributed by atoms with Gasteiger partial charge < -0.3 is 5.32 Å². The number of hydrogen-bond donors (Lipinski definition) is 1. The van der Waals surface area contributed by atoms with Crippen molar-refractivity contribution in [2.45, 2.75) is 12.8 Å². The molecule has 130 valence electrons. The summed E-state index contributed by atoms with van der Waals surface area (Å²) in [4.78, 5) is 21.7. The van der Waals surface area contributed by atoms with Gasteiger partial charge in [0.25, 0.3) is 5.91 Å². The topological polar surface area (TPSA) is 85.1 Å². The molecule has 0 fully saturated rings. The van der Waals surface area contributed by atoms with Crippen LogP contribution in [0.4, 0.5) is 0 Å². The first-order chi connectivity index (χ1) is 12.8. The molecule has 4 heterocycles. The van der Waals surface area contributed by atoms with Crippen LogP contribution in [-0.4, -0.2) is 37.0 Å². The maximum absolute atomic E-state index is 12.2. The molecule has 0 aliphatic heterocycles. The largest absolute Gasteiger partial charge is 0.352 e. The molecule has 4 aromatic rings. The van der Waals surface area contributed by atoms with E-state index in [4.69, 9.17) is 0 Å². The molecular formula is C18H16N6OS. The number of aromatic nitrogens is 5. The van der Waals surface area contributed by atoms with Crippen molar-refractivity contribution in [3.05, 3.63) is 65.7 Å². The Balaban J connectivity index is 1.30. The average molecular weight is 364 g/mol. The van der Waals surface area contributed by atoms with Crippen molar-refractivity contribution in [2.24, 2.45) is 0 Å². The van der Waals surface area contributed by atoms with Crippen molar-refractivity contribution in [2.75, 3.05) is 6.54 Å². The third-order valence-corrected chi connectivity index (χ3v) is 4.77. The summed E-state index contributed by atoms with van der Waals surface area (Å²) in [6, 6.07) is 9.69. The van der Waals surface area contributed by atoms with Gasteiger partial charge in [-0.1, -0.05) is 12.1 Å². The van der Waals surface area contributed by atoms with E-state index in [2.05, 4.69) is 25.5 Å². The maximum atomic E-state index is 12.2. The van der Waals surface area contributed by atoms with E-state index in [1.54, 1.807) is 23.7 Å². The summed E-state index contributed by atoms with van der Waals surface area (Å²) in [5, 5.41) is 13.2. The van der Waals surface area contributed by atoms with Crippen LogP contribution in [0.3, 0.4) is 0 Å². The van der Waals surface area contributed by atoms with Crippen LogP contribution in [0, 0.1) is 0 Å². The number of thiophene rings is 1. The van der Waals surface area contributed by atoms with Crippen molar-refractivity contribution in [1.29, 1.82) is 0 Å². The highest BCUT2D eigenvalue weighted by Crippen LogP contribution is 2.20. The van der Waals surface area contributed by atoms with E-state index in [1.165, 1.54) is 0 Å². The van der Waals surface area contributed by atoms with E-state index < -0.39 is 0 Å². The Kier molecular flexibility index (Phi) is 4.65. The molecule has 0 bridgehead atoms. The number of aryl methyl sites for hydroxylation is 1. The minimum atomic E-state index is -0.172. The summed E-state index contributed by atoms with van der Waals surface area (Å²) in [6.07, 6.45) is 6.57. The Bertz CT molecular complexity index is 1010. The third-order valence-electron chi connectivity index (χ3n) is 3.90. The van der Waals surface area contributed by atoms with Gasteiger partial charge in [0.05, 0.1) is 10.4 Å². The van der Waals surface area contributed by atoms with E-state index in [1.807, 2.05) is 46.3 Å². The lowest BCUT2D eigenvalue weighted by Gasteiger charge is -2.05. The Morgan fingerprint density at radius 1 is 1.12 bits per heavy atom. The van der Waals surface area contributed by atoms with E-state index in [0.29, 0.717) is 17.9 Å². The highest BCUT2D eigenvalue weighted by Gasteiger charge is 2.09. The normalized spacial score (nSPS) is 10.9. The average Bonchev–Trinajstić information content (AvgIpc) is 3.35. The van der Waals surface area contributed by atoms with Crippen LogP contribution in [0.25, 0.3) is 16.3 Å². The van der Waals surface area contributed by atoms with Crippen molar-refractivity contribution in [3.8, 4) is 10.7 Å². The third kappa shape index (κ3) is 3.45. The lowest BCUT2D eigenvalue weighted by atomic mass is 10.2. The number of amides is 1. The molecule has 26 heavy (non-hydrogen) atoms. The predicted octanol–water partition coefficient (Wildman–Crippen LogP) is 2.61. The molecule has 0 radical (unpaired) electrons. The lowest BCUT2D eigenvalue weighted by molar-refractivity contribution is 0.0952. The van der Waals surface area contributed by atoms with Gasteiger partial charge in [0, 0.05) is 31.6 Å². The van der Waals surface area contributed by atoms with Crippen molar-refractivity contribution in [3.63, 3.8) is 0 Å². The van der Waals surface area contributed by atoms with Gasteiger partial charge in [-0.25, -0.2) is 9.97 Å². The van der Waals surface area contributed by atoms with Gasteiger partial charge in [-0.2, -0.15) is 0 Å². The monoisotopic (exact) mass is 364 g/mol. The maximum Gasteiger partial charge on any atom is 0.254 e. The fourth-order valence-electron chi connectivity index (χ4n) is 2.59. The second-order valence-corrected chi connectivity index (χ2v) is 6.62. The molecular weight excluding hydrogens is 348 g/mol. The number of rotatable bonds is 6. The van der Waals surface area contributed by atoms with Gasteiger partial charge in [-0.05, 0) is 30.0 Å². The summed E-state index contributed by atoms with van der Waals surface area (Å²) in [6.45, 7) is 0.549.